The van der Waals surface area contributed by atoms with E-state index in [0.717, 1.165) is 6.42 Å². The molecule has 1 unspecified atom stereocenters. The molecule has 8 heteroatoms. The molecule has 1 aromatic rings. The van der Waals surface area contributed by atoms with Crippen molar-refractivity contribution in [3.05, 3.63) is 11.8 Å². The van der Waals surface area contributed by atoms with Gasteiger partial charge in [-0.1, -0.05) is 5.16 Å². The van der Waals surface area contributed by atoms with E-state index in [1.165, 1.54) is 0 Å². The lowest BCUT2D eigenvalue weighted by atomic mass is 10.1. The molecule has 2 heterocycles. The Balaban J connectivity index is 1.77. The van der Waals surface area contributed by atoms with Gasteiger partial charge in [-0.05, 0) is 25.7 Å². The molecule has 1 atom stereocenters. The summed E-state index contributed by atoms with van der Waals surface area (Å²) < 4.78 is 27.7. The number of aromatic nitrogens is 1. The Morgan fingerprint density at radius 1 is 1.58 bits per heavy atom. The molecule has 1 aliphatic heterocycles. The quantitative estimate of drug-likeness (QED) is 0.861. The number of carbonyl (C=O) groups excluding carboxylic acids is 1. The van der Waals surface area contributed by atoms with Crippen molar-refractivity contribution >= 4 is 21.7 Å². The zero-order valence-electron chi connectivity index (χ0n) is 10.7. The third kappa shape index (κ3) is 4.23. The number of urea groups is 1. The third-order valence-corrected chi connectivity index (χ3v) is 4.87. The maximum atomic E-state index is 11.6. The maximum absolute atomic E-state index is 11.6. The van der Waals surface area contributed by atoms with Crippen LogP contribution in [0.4, 0.5) is 10.6 Å². The van der Waals surface area contributed by atoms with Gasteiger partial charge in [0.1, 0.15) is 5.76 Å². The number of anilines is 1. The van der Waals surface area contributed by atoms with Gasteiger partial charge in [-0.2, -0.15) is 0 Å². The number of nitrogens with zero attached hydrogens (tertiary/aromatic N) is 1. The van der Waals surface area contributed by atoms with Gasteiger partial charge < -0.3 is 9.84 Å². The van der Waals surface area contributed by atoms with E-state index >= 15 is 0 Å². The van der Waals surface area contributed by atoms with Crippen molar-refractivity contribution in [2.45, 2.75) is 19.8 Å². The highest BCUT2D eigenvalue weighted by molar-refractivity contribution is 7.91. The average Bonchev–Trinajstić information content (AvgIpc) is 2.71. The number of aryl methyl sites for hydroxylation is 1. The van der Waals surface area contributed by atoms with Crippen molar-refractivity contribution < 1.29 is 17.7 Å². The van der Waals surface area contributed by atoms with Crippen LogP contribution in [0.3, 0.4) is 0 Å². The predicted molar refractivity (Wildman–Crippen MR) is 69.6 cm³/mol. The van der Waals surface area contributed by atoms with E-state index in [-0.39, 0.29) is 17.4 Å². The van der Waals surface area contributed by atoms with Gasteiger partial charge in [0.05, 0.1) is 11.5 Å². The minimum atomic E-state index is -2.93. The standard InChI is InChI=1S/C11H17N3O4S/c1-8-5-10(14-18-8)13-11(15)12-6-9-3-2-4-19(16,17)7-9/h5,9H,2-4,6-7H2,1H3,(H2,12,13,14,15). The third-order valence-electron chi connectivity index (χ3n) is 2.98. The van der Waals surface area contributed by atoms with Crippen LogP contribution in [-0.2, 0) is 9.84 Å². The fourth-order valence-corrected chi connectivity index (χ4v) is 3.88. The van der Waals surface area contributed by atoms with Gasteiger partial charge in [0.25, 0.3) is 0 Å². The normalized spacial score (nSPS) is 21.8. The first-order valence-electron chi connectivity index (χ1n) is 6.13. The highest BCUT2D eigenvalue weighted by Gasteiger charge is 2.24. The minimum absolute atomic E-state index is 0.0106. The van der Waals surface area contributed by atoms with Gasteiger partial charge in [-0.15, -0.1) is 0 Å². The summed E-state index contributed by atoms with van der Waals surface area (Å²) in [5.41, 5.74) is 0. The molecule has 0 radical (unpaired) electrons. The van der Waals surface area contributed by atoms with Crippen molar-refractivity contribution in [3.8, 4) is 0 Å². The van der Waals surface area contributed by atoms with E-state index < -0.39 is 15.9 Å². The van der Waals surface area contributed by atoms with E-state index in [2.05, 4.69) is 15.8 Å². The molecule has 2 N–H and O–H groups in total. The first-order chi connectivity index (χ1) is 8.94. The Morgan fingerprint density at radius 2 is 2.37 bits per heavy atom. The zero-order valence-corrected chi connectivity index (χ0v) is 11.5. The van der Waals surface area contributed by atoms with Gasteiger partial charge in [0.15, 0.2) is 15.7 Å². The Hall–Kier alpha value is -1.57. The first-order valence-corrected chi connectivity index (χ1v) is 7.95. The van der Waals surface area contributed by atoms with Crippen molar-refractivity contribution in [3.63, 3.8) is 0 Å². The molecule has 0 spiro atoms. The summed E-state index contributed by atoms with van der Waals surface area (Å²) in [5.74, 6) is 1.34. The lowest BCUT2D eigenvalue weighted by Crippen LogP contribution is -2.37. The number of rotatable bonds is 3. The summed E-state index contributed by atoms with van der Waals surface area (Å²) in [6, 6.07) is 1.20. The monoisotopic (exact) mass is 287 g/mol. The van der Waals surface area contributed by atoms with Crippen molar-refractivity contribution in [2.24, 2.45) is 5.92 Å². The minimum Gasteiger partial charge on any atom is -0.360 e. The molecule has 7 nitrogen and oxygen atoms in total. The SMILES string of the molecule is Cc1cc(NC(=O)NCC2CCCS(=O)(=O)C2)no1. The van der Waals surface area contributed by atoms with Crippen LogP contribution in [0.2, 0.25) is 0 Å². The van der Waals surface area contributed by atoms with Crippen LogP contribution in [0.1, 0.15) is 18.6 Å². The lowest BCUT2D eigenvalue weighted by molar-refractivity contribution is 0.250. The van der Waals surface area contributed by atoms with E-state index in [4.69, 9.17) is 4.52 Å². The summed E-state index contributed by atoms with van der Waals surface area (Å²) in [6.45, 7) is 2.07. The number of carbonyl (C=O) groups is 1. The summed E-state index contributed by atoms with van der Waals surface area (Å²) in [6.07, 6.45) is 1.49. The van der Waals surface area contributed by atoms with Crippen LogP contribution < -0.4 is 10.6 Å². The lowest BCUT2D eigenvalue weighted by Gasteiger charge is -2.21. The zero-order chi connectivity index (χ0) is 13.9. The molecule has 2 amide bonds. The fourth-order valence-electron chi connectivity index (χ4n) is 2.10. The summed E-state index contributed by atoms with van der Waals surface area (Å²) in [4.78, 5) is 11.6. The molecular formula is C11H17N3O4S. The van der Waals surface area contributed by atoms with Crippen LogP contribution in [0.5, 0.6) is 0 Å². The second-order valence-corrected chi connectivity index (χ2v) is 7.01. The van der Waals surface area contributed by atoms with Gasteiger partial charge in [-0.25, -0.2) is 13.2 Å². The molecule has 1 fully saturated rings. The van der Waals surface area contributed by atoms with Crippen molar-refractivity contribution in [1.29, 1.82) is 0 Å². The Morgan fingerprint density at radius 3 is 3.00 bits per heavy atom. The van der Waals surface area contributed by atoms with E-state index in [9.17, 15) is 13.2 Å². The molecule has 106 valence electrons. The van der Waals surface area contributed by atoms with Crippen molar-refractivity contribution in [1.82, 2.24) is 10.5 Å². The number of hydrogen-bond acceptors (Lipinski definition) is 5. The van der Waals surface area contributed by atoms with Crippen LogP contribution in [0.15, 0.2) is 10.6 Å². The molecule has 0 bridgehead atoms. The first kappa shape index (κ1) is 13.9. The largest absolute Gasteiger partial charge is 0.360 e. The molecule has 0 aromatic carbocycles. The predicted octanol–water partition coefficient (Wildman–Crippen LogP) is 0.929. The van der Waals surface area contributed by atoms with Gasteiger partial charge in [-0.3, -0.25) is 5.32 Å². The molecule has 0 aliphatic carbocycles. The molecule has 19 heavy (non-hydrogen) atoms. The van der Waals surface area contributed by atoms with Gasteiger partial charge in [0, 0.05) is 12.6 Å². The smallest absolute Gasteiger partial charge is 0.320 e. The van der Waals surface area contributed by atoms with E-state index in [0.29, 0.717) is 24.5 Å². The average molecular weight is 287 g/mol. The van der Waals surface area contributed by atoms with E-state index in [1.54, 1.807) is 13.0 Å². The number of nitrogens with one attached hydrogen (secondary N) is 2. The Bertz CT molecular complexity index is 552. The Kier molecular flexibility index (Phi) is 4.08. The van der Waals surface area contributed by atoms with Crippen LogP contribution in [-0.4, -0.2) is 37.7 Å². The van der Waals surface area contributed by atoms with Crippen molar-refractivity contribution in [2.75, 3.05) is 23.4 Å². The van der Waals surface area contributed by atoms with Crippen LogP contribution in [0.25, 0.3) is 0 Å². The fraction of sp³-hybridized carbons (Fsp3) is 0.636. The molecule has 1 aromatic heterocycles. The van der Waals surface area contributed by atoms with Crippen LogP contribution in [0, 0.1) is 12.8 Å². The second kappa shape index (κ2) is 5.60. The Labute approximate surface area is 111 Å². The topological polar surface area (TPSA) is 101 Å². The number of hydrogen-bond donors (Lipinski definition) is 2. The highest BCUT2D eigenvalue weighted by atomic mass is 32.2. The summed E-state index contributed by atoms with van der Waals surface area (Å²) >= 11 is 0. The highest BCUT2D eigenvalue weighted by Crippen LogP contribution is 2.17. The molecule has 2 rings (SSSR count). The maximum Gasteiger partial charge on any atom is 0.320 e. The molecular weight excluding hydrogens is 270 g/mol. The molecule has 0 saturated carbocycles. The van der Waals surface area contributed by atoms with Crippen LogP contribution >= 0.6 is 0 Å². The summed E-state index contributed by atoms with van der Waals surface area (Å²) in [5, 5.41) is 8.80. The number of sulfone groups is 1. The molecule has 1 aliphatic rings. The number of amides is 2. The van der Waals surface area contributed by atoms with Gasteiger partial charge in [0.2, 0.25) is 0 Å². The van der Waals surface area contributed by atoms with E-state index in [1.807, 2.05) is 0 Å². The molecule has 1 saturated heterocycles. The van der Waals surface area contributed by atoms with Gasteiger partial charge >= 0.3 is 6.03 Å². The second-order valence-electron chi connectivity index (χ2n) is 4.78. The summed E-state index contributed by atoms with van der Waals surface area (Å²) in [7, 11) is -2.93.